The predicted molar refractivity (Wildman–Crippen MR) is 118 cm³/mol. The van der Waals surface area contributed by atoms with Crippen LogP contribution >= 0.6 is 23.7 Å². The zero-order valence-corrected chi connectivity index (χ0v) is 18.7. The summed E-state index contributed by atoms with van der Waals surface area (Å²) >= 11 is 1.35. The first-order valence-electron chi connectivity index (χ1n) is 9.75. The fourth-order valence-electron chi connectivity index (χ4n) is 2.82. The average Bonchev–Trinajstić information content (AvgIpc) is 3.23. The van der Waals surface area contributed by atoms with Crippen molar-refractivity contribution >= 4 is 41.3 Å². The summed E-state index contributed by atoms with van der Waals surface area (Å²) in [6, 6.07) is 6.79. The Morgan fingerprint density at radius 3 is 2.57 bits per heavy atom. The van der Waals surface area contributed by atoms with Gasteiger partial charge in [-0.15, -0.1) is 22.6 Å². The summed E-state index contributed by atoms with van der Waals surface area (Å²) in [5.74, 6) is 0.490. The summed E-state index contributed by atoms with van der Waals surface area (Å²) < 4.78 is 10.5. The smallest absolute Gasteiger partial charge is 0.344 e. The lowest BCUT2D eigenvalue weighted by Crippen LogP contribution is -2.26. The topological polar surface area (TPSA) is 102 Å². The van der Waals surface area contributed by atoms with Gasteiger partial charge < -0.3 is 20.1 Å². The Kier molecular flexibility index (Phi) is 9.48. The number of rotatable bonds is 8. The van der Waals surface area contributed by atoms with Gasteiger partial charge in [-0.25, -0.2) is 4.79 Å². The molecule has 1 amide bonds. The highest BCUT2D eigenvalue weighted by molar-refractivity contribution is 7.13. The summed E-state index contributed by atoms with van der Waals surface area (Å²) in [6.45, 7) is 6.10. The molecule has 1 aromatic heterocycles. The third kappa shape index (κ3) is 7.23. The number of nitrogens with one attached hydrogen (secondary N) is 2. The van der Waals surface area contributed by atoms with Gasteiger partial charge in [-0.3, -0.25) is 4.79 Å². The molecule has 2 heterocycles. The lowest BCUT2D eigenvalue weighted by molar-refractivity contribution is -0.147. The summed E-state index contributed by atoms with van der Waals surface area (Å²) in [5.41, 5.74) is 0.614. The Hall–Kier alpha value is -2.23. The SMILES string of the molecule is CC(C)COC(=O)COc1ccc(NC(=O)c2nnc(C3CCNCC3)s2)cc1.Cl. The lowest BCUT2D eigenvalue weighted by Gasteiger charge is -2.19. The van der Waals surface area contributed by atoms with Crippen molar-refractivity contribution in [2.45, 2.75) is 32.6 Å². The molecule has 0 bridgehead atoms. The average molecular weight is 455 g/mol. The zero-order chi connectivity index (χ0) is 20.6. The highest BCUT2D eigenvalue weighted by Gasteiger charge is 2.21. The molecule has 8 nitrogen and oxygen atoms in total. The van der Waals surface area contributed by atoms with Crippen LogP contribution in [0.15, 0.2) is 24.3 Å². The van der Waals surface area contributed by atoms with Crippen molar-refractivity contribution in [2.75, 3.05) is 31.6 Å². The molecule has 1 saturated heterocycles. The van der Waals surface area contributed by atoms with E-state index in [1.807, 2.05) is 13.8 Å². The first-order valence-corrected chi connectivity index (χ1v) is 10.6. The first-order chi connectivity index (χ1) is 14.0. The molecule has 2 N–H and O–H groups in total. The van der Waals surface area contributed by atoms with Gasteiger partial charge >= 0.3 is 5.97 Å². The summed E-state index contributed by atoms with van der Waals surface area (Å²) in [4.78, 5) is 24.0. The van der Waals surface area contributed by atoms with Crippen molar-refractivity contribution in [1.29, 1.82) is 0 Å². The molecule has 164 valence electrons. The quantitative estimate of drug-likeness (QED) is 0.590. The molecular formula is C20H27ClN4O4S. The Morgan fingerprint density at radius 2 is 1.90 bits per heavy atom. The maximum atomic E-state index is 12.4. The number of nitrogens with zero attached hydrogens (tertiary/aromatic N) is 2. The lowest BCUT2D eigenvalue weighted by atomic mass is 9.99. The van der Waals surface area contributed by atoms with Crippen molar-refractivity contribution in [3.63, 3.8) is 0 Å². The van der Waals surface area contributed by atoms with Crippen LogP contribution in [0.3, 0.4) is 0 Å². The second-order valence-electron chi connectivity index (χ2n) is 7.31. The maximum absolute atomic E-state index is 12.4. The van der Waals surface area contributed by atoms with Crippen molar-refractivity contribution in [3.05, 3.63) is 34.3 Å². The molecule has 0 unspecified atom stereocenters. The van der Waals surface area contributed by atoms with Gasteiger partial charge in [-0.1, -0.05) is 25.2 Å². The molecule has 0 spiro atoms. The number of ether oxygens (including phenoxy) is 2. The minimum atomic E-state index is -0.406. The standard InChI is InChI=1S/C20H26N4O4S.ClH/c1-13(2)11-28-17(25)12-27-16-5-3-15(4-6-16)22-18(26)20-24-23-19(29-20)14-7-9-21-10-8-14;/h3-6,13-14,21H,7-12H2,1-2H3,(H,22,26);1H. The Balaban J connectivity index is 0.00000320. The van der Waals surface area contributed by atoms with E-state index < -0.39 is 5.97 Å². The number of hydrogen-bond donors (Lipinski definition) is 2. The molecule has 1 fully saturated rings. The van der Waals surface area contributed by atoms with Gasteiger partial charge in [0.15, 0.2) is 6.61 Å². The van der Waals surface area contributed by atoms with Crippen molar-refractivity contribution < 1.29 is 19.1 Å². The number of piperidine rings is 1. The third-order valence-electron chi connectivity index (χ3n) is 4.37. The number of halogens is 1. The fourth-order valence-corrected chi connectivity index (χ4v) is 3.73. The van der Waals surface area contributed by atoms with Crippen LogP contribution < -0.4 is 15.4 Å². The number of esters is 1. The van der Waals surface area contributed by atoms with E-state index in [1.165, 1.54) is 11.3 Å². The molecule has 10 heteroatoms. The summed E-state index contributed by atoms with van der Waals surface area (Å²) in [6.07, 6.45) is 2.03. The van der Waals surface area contributed by atoms with Crippen LogP contribution in [0.1, 0.15) is 47.4 Å². The van der Waals surface area contributed by atoms with E-state index >= 15 is 0 Å². The highest BCUT2D eigenvalue weighted by Crippen LogP contribution is 2.28. The number of hydrogen-bond acceptors (Lipinski definition) is 8. The fraction of sp³-hybridized carbons (Fsp3) is 0.500. The van der Waals surface area contributed by atoms with E-state index in [2.05, 4.69) is 20.8 Å². The summed E-state index contributed by atoms with van der Waals surface area (Å²) in [5, 5.41) is 15.6. The molecule has 1 aliphatic rings. The highest BCUT2D eigenvalue weighted by atomic mass is 35.5. The van der Waals surface area contributed by atoms with Gasteiger partial charge in [0.1, 0.15) is 10.8 Å². The molecule has 1 aliphatic heterocycles. The number of benzene rings is 1. The molecule has 3 rings (SSSR count). The zero-order valence-electron chi connectivity index (χ0n) is 17.1. The van der Waals surface area contributed by atoms with E-state index in [0.29, 0.717) is 29.0 Å². The predicted octanol–water partition coefficient (Wildman–Crippen LogP) is 3.26. The van der Waals surface area contributed by atoms with Crippen LogP contribution in [0.25, 0.3) is 0 Å². The molecule has 0 aliphatic carbocycles. The number of amides is 1. The molecule has 0 atom stereocenters. The maximum Gasteiger partial charge on any atom is 0.344 e. The minimum Gasteiger partial charge on any atom is -0.482 e. The Bertz CT molecular complexity index is 822. The van der Waals surface area contributed by atoms with Crippen LogP contribution in [0.4, 0.5) is 5.69 Å². The molecule has 1 aromatic carbocycles. The molecular weight excluding hydrogens is 428 g/mol. The van der Waals surface area contributed by atoms with Crippen LogP contribution in [-0.2, 0) is 9.53 Å². The van der Waals surface area contributed by atoms with Crippen molar-refractivity contribution in [1.82, 2.24) is 15.5 Å². The largest absolute Gasteiger partial charge is 0.482 e. The Morgan fingerprint density at radius 1 is 1.20 bits per heavy atom. The van der Waals surface area contributed by atoms with E-state index in [0.717, 1.165) is 30.9 Å². The van der Waals surface area contributed by atoms with E-state index in [1.54, 1.807) is 24.3 Å². The number of anilines is 1. The van der Waals surface area contributed by atoms with Gasteiger partial charge in [0.25, 0.3) is 5.91 Å². The van der Waals surface area contributed by atoms with Gasteiger partial charge in [0.05, 0.1) is 6.61 Å². The number of carbonyl (C=O) groups is 2. The van der Waals surface area contributed by atoms with E-state index in [9.17, 15) is 9.59 Å². The second kappa shape index (κ2) is 11.8. The molecule has 2 aromatic rings. The minimum absolute atomic E-state index is 0. The monoisotopic (exact) mass is 454 g/mol. The van der Waals surface area contributed by atoms with Crippen molar-refractivity contribution in [3.8, 4) is 5.75 Å². The van der Waals surface area contributed by atoms with E-state index in [-0.39, 0.29) is 30.8 Å². The number of aromatic nitrogens is 2. The number of carbonyl (C=O) groups excluding carboxylic acids is 2. The van der Waals surface area contributed by atoms with Crippen LogP contribution in [0.2, 0.25) is 0 Å². The van der Waals surface area contributed by atoms with Gasteiger partial charge in [0, 0.05) is 11.6 Å². The third-order valence-corrected chi connectivity index (χ3v) is 5.45. The normalized spacial score (nSPS) is 14.1. The molecule has 0 radical (unpaired) electrons. The van der Waals surface area contributed by atoms with Crippen LogP contribution in [0.5, 0.6) is 5.75 Å². The molecule has 0 saturated carbocycles. The first kappa shape index (κ1) is 24.0. The Labute approximate surface area is 186 Å². The van der Waals surface area contributed by atoms with Gasteiger partial charge in [-0.05, 0) is 56.1 Å². The summed E-state index contributed by atoms with van der Waals surface area (Å²) in [7, 11) is 0. The second-order valence-corrected chi connectivity index (χ2v) is 8.32. The van der Waals surface area contributed by atoms with Crippen LogP contribution in [-0.4, -0.2) is 48.4 Å². The van der Waals surface area contributed by atoms with E-state index in [4.69, 9.17) is 9.47 Å². The van der Waals surface area contributed by atoms with Gasteiger partial charge in [-0.2, -0.15) is 0 Å². The molecule has 30 heavy (non-hydrogen) atoms. The van der Waals surface area contributed by atoms with Gasteiger partial charge in [0.2, 0.25) is 5.01 Å². The van der Waals surface area contributed by atoms with Crippen LogP contribution in [0, 0.1) is 5.92 Å². The van der Waals surface area contributed by atoms with Crippen molar-refractivity contribution in [2.24, 2.45) is 5.92 Å².